The number of hydrogen-bond donors (Lipinski definition) is 2. The first kappa shape index (κ1) is 16.7. The van der Waals surface area contributed by atoms with E-state index >= 15 is 0 Å². The van der Waals surface area contributed by atoms with Gasteiger partial charge in [-0.25, -0.2) is 0 Å². The minimum atomic E-state index is -1.12. The number of halogens is 1. The Bertz CT molecular complexity index is 481. The van der Waals surface area contributed by atoms with E-state index in [1.807, 2.05) is 11.0 Å². The van der Waals surface area contributed by atoms with Crippen molar-refractivity contribution in [3.8, 4) is 0 Å². The molecule has 0 aliphatic carbocycles. The summed E-state index contributed by atoms with van der Waals surface area (Å²) in [6.45, 7) is 2.99. The molecule has 0 spiro atoms. The van der Waals surface area contributed by atoms with Crippen LogP contribution in [-0.2, 0) is 22.4 Å². The Hall–Kier alpha value is -0.660. The Kier molecular flexibility index (Phi) is 6.44. The smallest absolute Gasteiger partial charge is 0.247 e. The predicted octanol–water partition coefficient (Wildman–Crippen LogP) is 1.06. The number of hydrogen-bond acceptors (Lipinski definition) is 5. The molecule has 0 fully saturated rings. The number of ether oxygens (including phenoxy) is 1. The van der Waals surface area contributed by atoms with Crippen LogP contribution >= 0.6 is 22.9 Å². The number of aliphatic hydroxyl groups excluding tert-OH is 1. The van der Waals surface area contributed by atoms with Crippen molar-refractivity contribution in [3.05, 3.63) is 20.8 Å². The first-order valence-electron chi connectivity index (χ1n) is 7.11. The number of carbonyl (C=O) groups is 1. The van der Waals surface area contributed by atoms with Gasteiger partial charge < -0.3 is 15.6 Å². The van der Waals surface area contributed by atoms with Crippen LogP contribution in [-0.4, -0.2) is 54.9 Å². The average Bonchev–Trinajstić information content (AvgIpc) is 2.76. The molecule has 0 bridgehead atoms. The highest BCUT2D eigenvalue weighted by molar-refractivity contribution is 7.16. The summed E-state index contributed by atoms with van der Waals surface area (Å²) >= 11 is 7.71. The Labute approximate surface area is 133 Å². The van der Waals surface area contributed by atoms with Gasteiger partial charge in [0.05, 0.1) is 17.6 Å². The maximum absolute atomic E-state index is 11.0. The minimum Gasteiger partial charge on any atom is -0.382 e. The molecule has 0 saturated heterocycles. The number of primary amides is 1. The Morgan fingerprint density at radius 2 is 2.29 bits per heavy atom. The third-order valence-electron chi connectivity index (χ3n) is 3.57. The van der Waals surface area contributed by atoms with Gasteiger partial charge >= 0.3 is 0 Å². The van der Waals surface area contributed by atoms with Gasteiger partial charge in [0.2, 0.25) is 5.91 Å². The molecule has 1 aliphatic heterocycles. The molecule has 1 aromatic rings. The lowest BCUT2D eigenvalue weighted by Gasteiger charge is -2.23. The maximum atomic E-state index is 11.0. The quantitative estimate of drug-likeness (QED) is 0.867. The number of nitrogens with zero attached hydrogens (tertiary/aromatic N) is 1. The topological polar surface area (TPSA) is 75.8 Å². The summed E-state index contributed by atoms with van der Waals surface area (Å²) in [7, 11) is 0. The van der Waals surface area contributed by atoms with Crippen molar-refractivity contribution >= 4 is 28.8 Å². The number of β-amino-alcohol motifs (C(OH)–C–C–N with tert-alkyl or cyclic N) is 1. The Morgan fingerprint density at radius 1 is 1.48 bits per heavy atom. The summed E-state index contributed by atoms with van der Waals surface area (Å²) in [5.41, 5.74) is 6.39. The first-order chi connectivity index (χ1) is 10.1. The molecular weight excluding hydrogens is 312 g/mol. The van der Waals surface area contributed by atoms with E-state index in [0.29, 0.717) is 19.8 Å². The Morgan fingerprint density at radius 3 is 3.05 bits per heavy atom. The number of carbonyl (C=O) groups excluding carboxylic acids is 1. The van der Waals surface area contributed by atoms with Crippen LogP contribution in [0.5, 0.6) is 0 Å². The van der Waals surface area contributed by atoms with Crippen molar-refractivity contribution in [2.75, 3.05) is 32.8 Å². The van der Waals surface area contributed by atoms with Crippen LogP contribution in [0.15, 0.2) is 6.07 Å². The zero-order chi connectivity index (χ0) is 15.2. The fraction of sp³-hybridized carbons (Fsp3) is 0.643. The molecule has 1 atom stereocenters. The van der Waals surface area contributed by atoms with Crippen LogP contribution in [0.25, 0.3) is 0 Å². The highest BCUT2D eigenvalue weighted by atomic mass is 35.5. The zero-order valence-electron chi connectivity index (χ0n) is 11.9. The molecule has 2 rings (SSSR count). The highest BCUT2D eigenvalue weighted by Crippen LogP contribution is 2.28. The third kappa shape index (κ3) is 5.23. The monoisotopic (exact) mass is 332 g/mol. The van der Waals surface area contributed by atoms with Crippen LogP contribution in [0.1, 0.15) is 16.9 Å². The molecule has 1 unspecified atom stereocenters. The summed E-state index contributed by atoms with van der Waals surface area (Å²) in [6, 6.07) is 2.03. The zero-order valence-corrected chi connectivity index (χ0v) is 13.5. The van der Waals surface area contributed by atoms with Crippen molar-refractivity contribution in [2.45, 2.75) is 25.4 Å². The molecular formula is C14H21ClN2O3S. The van der Waals surface area contributed by atoms with Crippen molar-refractivity contribution < 1.29 is 14.6 Å². The molecule has 5 nitrogen and oxygen atoms in total. The van der Waals surface area contributed by atoms with E-state index in [2.05, 4.69) is 0 Å². The van der Waals surface area contributed by atoms with E-state index in [1.165, 1.54) is 10.4 Å². The molecule has 3 N–H and O–H groups in total. The lowest BCUT2D eigenvalue weighted by Crippen LogP contribution is -2.42. The fourth-order valence-corrected chi connectivity index (χ4v) is 3.76. The summed E-state index contributed by atoms with van der Waals surface area (Å²) in [4.78, 5) is 14.3. The second-order valence-corrected chi connectivity index (χ2v) is 6.95. The molecule has 1 aliphatic rings. The molecule has 0 aromatic carbocycles. The van der Waals surface area contributed by atoms with E-state index in [-0.39, 0.29) is 6.54 Å². The number of aliphatic hydroxyl groups is 1. The van der Waals surface area contributed by atoms with Gasteiger partial charge in [0.25, 0.3) is 0 Å². The molecule has 7 heteroatoms. The molecule has 2 heterocycles. The summed E-state index contributed by atoms with van der Waals surface area (Å²) in [5.74, 6) is -0.683. The van der Waals surface area contributed by atoms with Gasteiger partial charge in [-0.2, -0.15) is 0 Å². The molecule has 0 radical (unpaired) electrons. The van der Waals surface area contributed by atoms with E-state index in [0.717, 1.165) is 30.1 Å². The molecule has 1 aromatic heterocycles. The normalized spacial score (nSPS) is 19.5. The van der Waals surface area contributed by atoms with Gasteiger partial charge in [0, 0.05) is 24.4 Å². The SMILES string of the molecule is NC(=O)C(O)CN1CCCc2cc(Cl)sc2CCOCC1. The van der Waals surface area contributed by atoms with Crippen LogP contribution in [0.3, 0.4) is 0 Å². The standard InChI is InChI=1S/C14H21ClN2O3S/c15-13-8-10-2-1-4-17(9-11(18)14(16)19)5-7-20-6-3-12(10)21-13/h8,11,18H,1-7,9H2,(H2,16,19). The van der Waals surface area contributed by atoms with Gasteiger partial charge in [0.15, 0.2) is 0 Å². The molecule has 21 heavy (non-hydrogen) atoms. The minimum absolute atomic E-state index is 0.260. The number of thiophene rings is 1. The molecule has 0 saturated carbocycles. The number of nitrogens with two attached hydrogens (primary N) is 1. The highest BCUT2D eigenvalue weighted by Gasteiger charge is 2.17. The third-order valence-corrected chi connectivity index (χ3v) is 4.94. The van der Waals surface area contributed by atoms with E-state index < -0.39 is 12.0 Å². The van der Waals surface area contributed by atoms with E-state index in [9.17, 15) is 9.90 Å². The van der Waals surface area contributed by atoms with Gasteiger partial charge in [-0.1, -0.05) is 11.6 Å². The van der Waals surface area contributed by atoms with Gasteiger partial charge in [0.1, 0.15) is 6.10 Å². The summed E-state index contributed by atoms with van der Waals surface area (Å²) in [5, 5.41) is 9.61. The van der Waals surface area contributed by atoms with E-state index in [4.69, 9.17) is 22.1 Å². The van der Waals surface area contributed by atoms with Crippen molar-refractivity contribution in [2.24, 2.45) is 5.73 Å². The summed E-state index contributed by atoms with van der Waals surface area (Å²) < 4.78 is 6.45. The second kappa shape index (κ2) is 8.10. The fourth-order valence-electron chi connectivity index (χ4n) is 2.44. The number of amides is 1. The van der Waals surface area contributed by atoms with E-state index in [1.54, 1.807) is 11.3 Å². The lowest BCUT2D eigenvalue weighted by atomic mass is 10.1. The Balaban J connectivity index is 1.96. The number of rotatable bonds is 3. The van der Waals surface area contributed by atoms with Crippen LogP contribution in [0, 0.1) is 0 Å². The van der Waals surface area contributed by atoms with Crippen molar-refractivity contribution in [3.63, 3.8) is 0 Å². The van der Waals surface area contributed by atoms with Gasteiger partial charge in [-0.15, -0.1) is 11.3 Å². The van der Waals surface area contributed by atoms with Crippen molar-refractivity contribution in [1.82, 2.24) is 4.90 Å². The van der Waals surface area contributed by atoms with Crippen LogP contribution in [0.2, 0.25) is 4.34 Å². The maximum Gasteiger partial charge on any atom is 0.247 e. The van der Waals surface area contributed by atoms with Crippen LogP contribution < -0.4 is 5.73 Å². The summed E-state index contributed by atoms with van der Waals surface area (Å²) in [6.07, 6.45) is 1.66. The number of aryl methyl sites for hydroxylation is 1. The molecule has 1 amide bonds. The number of fused-ring (bicyclic) bond motifs is 1. The van der Waals surface area contributed by atoms with Crippen molar-refractivity contribution in [1.29, 1.82) is 0 Å². The van der Waals surface area contributed by atoms with Gasteiger partial charge in [-0.3, -0.25) is 9.69 Å². The second-order valence-electron chi connectivity index (χ2n) is 5.18. The van der Waals surface area contributed by atoms with Crippen LogP contribution in [0.4, 0.5) is 0 Å². The largest absolute Gasteiger partial charge is 0.382 e. The first-order valence-corrected chi connectivity index (χ1v) is 8.30. The predicted molar refractivity (Wildman–Crippen MR) is 83.8 cm³/mol. The molecule has 118 valence electrons. The lowest BCUT2D eigenvalue weighted by molar-refractivity contribution is -0.127. The average molecular weight is 333 g/mol. The van der Waals surface area contributed by atoms with Gasteiger partial charge in [-0.05, 0) is 31.0 Å².